The Bertz CT molecular complexity index is 1440. The molecule has 68 heavy (non-hydrogen) atoms. The molecule has 0 saturated carbocycles. The molecular formula is C54H90O14. The van der Waals surface area contributed by atoms with Crippen molar-refractivity contribution in [1.82, 2.24) is 0 Å². The molecule has 390 valence electrons. The number of rotatable bonds is 39. The minimum absolute atomic E-state index is 0.0398. The van der Waals surface area contributed by atoms with E-state index in [1.165, 1.54) is 25.7 Å². The van der Waals surface area contributed by atoms with E-state index in [4.69, 9.17) is 28.4 Å². The summed E-state index contributed by atoms with van der Waals surface area (Å²) >= 11 is 0. The van der Waals surface area contributed by atoms with Crippen molar-refractivity contribution >= 4 is 5.97 Å². The average Bonchev–Trinajstić information content (AvgIpc) is 3.34. The van der Waals surface area contributed by atoms with Gasteiger partial charge in [-0.05, 0) is 70.6 Å². The number of aliphatic hydroxyl groups excluding tert-OH is 7. The number of aliphatic hydroxyl groups is 7. The number of unbranched alkanes of at least 4 members (excludes halogenated alkanes) is 11. The first-order valence-electron chi connectivity index (χ1n) is 25.7. The number of esters is 1. The zero-order valence-electron chi connectivity index (χ0n) is 41.3. The lowest BCUT2D eigenvalue weighted by Crippen LogP contribution is -2.61. The summed E-state index contributed by atoms with van der Waals surface area (Å²) in [5, 5.41) is 72.0. The van der Waals surface area contributed by atoms with E-state index in [9.17, 15) is 40.5 Å². The SMILES string of the molecule is CC/C=C\C/C=C\C/C=C\C/C=C\C/C=C\C/C=C\C/C=C\CCCCCCOCC(COC1OC(COC2OC(CO)C(O)C(O)C2O)C(O)C(O)C1O)OC(=O)CCCCCCCCCC. The summed E-state index contributed by atoms with van der Waals surface area (Å²) < 4.78 is 34.1. The van der Waals surface area contributed by atoms with Crippen molar-refractivity contribution in [3.05, 3.63) is 85.1 Å². The molecule has 2 rings (SSSR count). The summed E-state index contributed by atoms with van der Waals surface area (Å²) in [6, 6.07) is 0. The van der Waals surface area contributed by atoms with Crippen LogP contribution in [-0.4, -0.2) is 142 Å². The lowest BCUT2D eigenvalue weighted by atomic mass is 9.98. The van der Waals surface area contributed by atoms with Gasteiger partial charge in [-0.15, -0.1) is 0 Å². The van der Waals surface area contributed by atoms with Crippen molar-refractivity contribution in [1.29, 1.82) is 0 Å². The first kappa shape index (κ1) is 61.3. The number of carbonyl (C=O) groups excluding carboxylic acids is 1. The highest BCUT2D eigenvalue weighted by atomic mass is 16.7. The minimum Gasteiger partial charge on any atom is -0.457 e. The third-order valence-electron chi connectivity index (χ3n) is 11.7. The second kappa shape index (κ2) is 40.9. The Balaban J connectivity index is 1.71. The van der Waals surface area contributed by atoms with Crippen molar-refractivity contribution in [2.45, 2.75) is 216 Å². The summed E-state index contributed by atoms with van der Waals surface area (Å²) in [7, 11) is 0. The molecule has 11 unspecified atom stereocenters. The van der Waals surface area contributed by atoms with E-state index < -0.39 is 86.7 Å². The standard InChI is InChI=1S/C54H90O14/c1-3-5-7-9-11-13-14-15-16-17-18-19-20-21-22-23-24-25-26-27-28-29-30-32-34-36-38-63-40-43(66-46(56)37-35-33-31-12-10-8-6-4-2)41-64-53-52(62)50(60)48(58)45(68-53)42-65-54-51(61)49(59)47(57)44(39-55)67-54/h5,7,11,13,15-16,18-19,21-22,24-25,27-28,43-45,47-55,57-62H,3-4,6,8-10,12,14,17,20,23,26,29-42H2,1-2H3/b7-5-,13-11-,16-15-,19-18-,22-21-,25-24-,28-27-. The van der Waals surface area contributed by atoms with Crippen molar-refractivity contribution < 1.29 is 69.0 Å². The molecule has 0 aromatic rings. The van der Waals surface area contributed by atoms with Gasteiger partial charge in [0.1, 0.15) is 54.9 Å². The van der Waals surface area contributed by atoms with Crippen LogP contribution in [0, 0.1) is 0 Å². The third-order valence-corrected chi connectivity index (χ3v) is 11.7. The third kappa shape index (κ3) is 28.1. The topological polar surface area (TPSA) is 214 Å². The Hall–Kier alpha value is -2.83. The summed E-state index contributed by atoms with van der Waals surface area (Å²) in [5.74, 6) is -0.395. The molecule has 7 N–H and O–H groups in total. The van der Waals surface area contributed by atoms with Crippen LogP contribution in [0.2, 0.25) is 0 Å². The molecule has 0 aliphatic carbocycles. The molecule has 2 aliphatic rings. The maximum Gasteiger partial charge on any atom is 0.306 e. The highest BCUT2D eigenvalue weighted by Gasteiger charge is 2.47. The highest BCUT2D eigenvalue weighted by molar-refractivity contribution is 5.69. The van der Waals surface area contributed by atoms with Crippen LogP contribution in [0.1, 0.15) is 149 Å². The van der Waals surface area contributed by atoms with Crippen LogP contribution in [0.4, 0.5) is 0 Å². The zero-order valence-corrected chi connectivity index (χ0v) is 41.3. The smallest absolute Gasteiger partial charge is 0.306 e. The van der Waals surface area contributed by atoms with Crippen LogP contribution in [-0.2, 0) is 33.2 Å². The largest absolute Gasteiger partial charge is 0.457 e. The van der Waals surface area contributed by atoms with Gasteiger partial charge in [-0.25, -0.2) is 0 Å². The van der Waals surface area contributed by atoms with Crippen molar-refractivity contribution in [3.8, 4) is 0 Å². The van der Waals surface area contributed by atoms with E-state index in [0.29, 0.717) is 13.0 Å². The van der Waals surface area contributed by atoms with Gasteiger partial charge in [-0.3, -0.25) is 4.79 Å². The quantitative estimate of drug-likeness (QED) is 0.0179. The molecule has 11 atom stereocenters. The highest BCUT2D eigenvalue weighted by Crippen LogP contribution is 2.26. The van der Waals surface area contributed by atoms with E-state index in [2.05, 4.69) is 98.9 Å². The Morgan fingerprint density at radius 1 is 0.500 bits per heavy atom. The van der Waals surface area contributed by atoms with E-state index in [0.717, 1.165) is 96.3 Å². The molecule has 0 amide bonds. The van der Waals surface area contributed by atoms with Crippen LogP contribution in [0.3, 0.4) is 0 Å². The fourth-order valence-electron chi connectivity index (χ4n) is 7.50. The summed E-state index contributed by atoms with van der Waals surface area (Å²) in [4.78, 5) is 12.9. The molecule has 2 aliphatic heterocycles. The summed E-state index contributed by atoms with van der Waals surface area (Å²) in [5.41, 5.74) is 0. The molecule has 2 fully saturated rings. The average molecular weight is 963 g/mol. The molecule has 2 saturated heterocycles. The van der Waals surface area contributed by atoms with Crippen LogP contribution in [0.15, 0.2) is 85.1 Å². The van der Waals surface area contributed by atoms with Gasteiger partial charge < -0.3 is 64.2 Å². The van der Waals surface area contributed by atoms with E-state index in [1.54, 1.807) is 0 Å². The number of carbonyl (C=O) groups is 1. The van der Waals surface area contributed by atoms with E-state index in [-0.39, 0.29) is 19.6 Å². The molecular weight excluding hydrogens is 873 g/mol. The van der Waals surface area contributed by atoms with Gasteiger partial charge in [0, 0.05) is 13.0 Å². The van der Waals surface area contributed by atoms with Gasteiger partial charge in [0.25, 0.3) is 0 Å². The van der Waals surface area contributed by atoms with Crippen molar-refractivity contribution in [2.24, 2.45) is 0 Å². The molecule has 0 aromatic heterocycles. The number of hydrogen-bond acceptors (Lipinski definition) is 14. The second-order valence-electron chi connectivity index (χ2n) is 17.6. The minimum atomic E-state index is -1.71. The normalized spacial score (nSPS) is 26.6. The number of ether oxygens (including phenoxy) is 6. The maximum absolute atomic E-state index is 12.9. The number of hydrogen-bond donors (Lipinski definition) is 7. The Labute approximate surface area is 408 Å². The first-order chi connectivity index (χ1) is 33.1. The molecule has 0 bridgehead atoms. The number of allylic oxidation sites excluding steroid dienone is 14. The Morgan fingerprint density at radius 3 is 1.50 bits per heavy atom. The van der Waals surface area contributed by atoms with E-state index >= 15 is 0 Å². The Morgan fingerprint density at radius 2 is 0.956 bits per heavy atom. The van der Waals surface area contributed by atoms with Crippen LogP contribution < -0.4 is 0 Å². The Kier molecular flexibility index (Phi) is 36.8. The molecule has 0 aromatic carbocycles. The monoisotopic (exact) mass is 963 g/mol. The van der Waals surface area contributed by atoms with Crippen molar-refractivity contribution in [3.63, 3.8) is 0 Å². The summed E-state index contributed by atoms with van der Waals surface area (Å²) in [6.45, 7) is 3.44. The van der Waals surface area contributed by atoms with E-state index in [1.807, 2.05) is 0 Å². The molecule has 0 spiro atoms. The molecule has 14 heteroatoms. The van der Waals surface area contributed by atoms with Gasteiger partial charge in [0.2, 0.25) is 0 Å². The lowest BCUT2D eigenvalue weighted by Gasteiger charge is -2.42. The van der Waals surface area contributed by atoms with Gasteiger partial charge >= 0.3 is 5.97 Å². The maximum atomic E-state index is 12.9. The fourth-order valence-corrected chi connectivity index (χ4v) is 7.50. The fraction of sp³-hybridized carbons (Fsp3) is 0.722. The first-order valence-corrected chi connectivity index (χ1v) is 25.7. The van der Waals surface area contributed by atoms with Gasteiger partial charge in [0.15, 0.2) is 12.6 Å². The molecule has 14 nitrogen and oxygen atoms in total. The molecule has 2 heterocycles. The van der Waals surface area contributed by atoms with Gasteiger partial charge in [0.05, 0.1) is 26.4 Å². The van der Waals surface area contributed by atoms with Gasteiger partial charge in [-0.1, -0.05) is 157 Å². The second-order valence-corrected chi connectivity index (χ2v) is 17.6. The van der Waals surface area contributed by atoms with Crippen LogP contribution in [0.25, 0.3) is 0 Å². The molecule has 0 radical (unpaired) electrons. The summed E-state index contributed by atoms with van der Waals surface area (Å²) in [6.07, 6.45) is 35.3. The predicted molar refractivity (Wildman–Crippen MR) is 265 cm³/mol. The van der Waals surface area contributed by atoms with Crippen LogP contribution >= 0.6 is 0 Å². The van der Waals surface area contributed by atoms with Crippen LogP contribution in [0.5, 0.6) is 0 Å². The lowest BCUT2D eigenvalue weighted by molar-refractivity contribution is -0.332. The van der Waals surface area contributed by atoms with Crippen molar-refractivity contribution in [2.75, 3.05) is 33.0 Å². The predicted octanol–water partition coefficient (Wildman–Crippen LogP) is 7.68. The van der Waals surface area contributed by atoms with Gasteiger partial charge in [-0.2, -0.15) is 0 Å². The zero-order chi connectivity index (χ0) is 49.5.